The van der Waals surface area contributed by atoms with Crippen LogP contribution in [0.25, 0.3) is 0 Å². The summed E-state index contributed by atoms with van der Waals surface area (Å²) in [6, 6.07) is 15.0. The van der Waals surface area contributed by atoms with Crippen LogP contribution in [0.5, 0.6) is 0 Å². The summed E-state index contributed by atoms with van der Waals surface area (Å²) in [5.41, 5.74) is 25.5. The van der Waals surface area contributed by atoms with Crippen molar-refractivity contribution in [3.63, 3.8) is 0 Å². The molecular formula is C20H28N10. The normalized spacial score (nSPS) is 11.2. The molecule has 0 aliphatic rings. The van der Waals surface area contributed by atoms with Crippen molar-refractivity contribution in [2.45, 2.75) is 26.9 Å². The molecule has 158 valence electrons. The number of aryl methyl sites for hydroxylation is 2. The second kappa shape index (κ2) is 9.41. The van der Waals surface area contributed by atoms with Gasteiger partial charge in [0.25, 0.3) is 0 Å². The van der Waals surface area contributed by atoms with Gasteiger partial charge < -0.3 is 22.9 Å². The van der Waals surface area contributed by atoms with Crippen LogP contribution in [0.2, 0.25) is 0 Å². The summed E-state index contributed by atoms with van der Waals surface area (Å²) in [4.78, 5) is 11.0. The van der Waals surface area contributed by atoms with E-state index in [1.54, 1.807) is 16.7 Å². The molecule has 10 heteroatoms. The number of benzene rings is 2. The van der Waals surface area contributed by atoms with Crippen molar-refractivity contribution in [3.8, 4) is 0 Å². The van der Waals surface area contributed by atoms with Gasteiger partial charge in [-0.25, -0.2) is 0 Å². The van der Waals surface area contributed by atoms with E-state index in [9.17, 15) is 0 Å². The van der Waals surface area contributed by atoms with Crippen LogP contribution in [0.1, 0.15) is 18.1 Å². The highest BCUT2D eigenvalue weighted by molar-refractivity contribution is 6.06. The quantitative estimate of drug-likeness (QED) is 0.252. The van der Waals surface area contributed by atoms with Crippen molar-refractivity contribution < 1.29 is 0 Å². The summed E-state index contributed by atoms with van der Waals surface area (Å²) in [6.45, 7) is 5.73. The highest BCUT2D eigenvalue weighted by Crippen LogP contribution is 2.25. The Balaban J connectivity index is 2.61. The zero-order chi connectivity index (χ0) is 22.4. The smallest absolute Gasteiger partial charge is 0.227 e. The van der Waals surface area contributed by atoms with E-state index in [2.05, 4.69) is 9.98 Å². The Labute approximate surface area is 175 Å². The third kappa shape index (κ3) is 5.47. The van der Waals surface area contributed by atoms with E-state index in [0.29, 0.717) is 11.4 Å². The summed E-state index contributed by atoms with van der Waals surface area (Å²) in [7, 11) is 0. The maximum absolute atomic E-state index is 8.47. The fourth-order valence-electron chi connectivity index (χ4n) is 2.91. The van der Waals surface area contributed by atoms with Crippen LogP contribution in [-0.4, -0.2) is 30.0 Å². The molecule has 0 radical (unpaired) electrons. The SMILES string of the molecule is Cc1ccc(N(C(=N)N=C(N)N)C(C)N(C(=N)N=C(N)N)c2ccc(C)cc2)cc1. The minimum atomic E-state index is -0.624. The van der Waals surface area contributed by atoms with Crippen LogP contribution in [0.15, 0.2) is 58.5 Å². The molecule has 0 unspecified atom stereocenters. The third-order valence-corrected chi connectivity index (χ3v) is 4.30. The van der Waals surface area contributed by atoms with Gasteiger partial charge in [-0.05, 0) is 45.0 Å². The first-order valence-corrected chi connectivity index (χ1v) is 9.18. The van der Waals surface area contributed by atoms with E-state index in [0.717, 1.165) is 11.1 Å². The van der Waals surface area contributed by atoms with E-state index in [1.807, 2.05) is 62.4 Å². The minimum absolute atomic E-state index is 0.194. The molecule has 0 fully saturated rings. The lowest BCUT2D eigenvalue weighted by atomic mass is 10.2. The molecule has 0 amide bonds. The molecule has 0 bridgehead atoms. The van der Waals surface area contributed by atoms with Crippen molar-refractivity contribution in [2.24, 2.45) is 32.9 Å². The number of hydrogen-bond donors (Lipinski definition) is 6. The lowest BCUT2D eigenvalue weighted by molar-refractivity contribution is 0.737. The Bertz CT molecular complexity index is 873. The number of nitrogens with two attached hydrogens (primary N) is 4. The Morgan fingerprint density at radius 1 is 0.700 bits per heavy atom. The molecule has 0 atom stereocenters. The highest BCUT2D eigenvalue weighted by atomic mass is 15.4. The Hall–Kier alpha value is -4.08. The van der Waals surface area contributed by atoms with Crippen molar-refractivity contribution in [1.82, 2.24) is 0 Å². The van der Waals surface area contributed by atoms with Crippen LogP contribution in [0, 0.1) is 24.7 Å². The molecular weight excluding hydrogens is 380 g/mol. The molecule has 2 aromatic rings. The topological polar surface area (TPSA) is 183 Å². The van der Waals surface area contributed by atoms with Gasteiger partial charge in [-0.1, -0.05) is 35.4 Å². The van der Waals surface area contributed by atoms with Gasteiger partial charge in [-0.15, -0.1) is 0 Å². The number of hydrogen-bond acceptors (Lipinski definition) is 2. The summed E-state index contributed by atoms with van der Waals surface area (Å²) in [5, 5.41) is 16.9. The number of nitrogens with zero attached hydrogens (tertiary/aromatic N) is 4. The first kappa shape index (κ1) is 22.2. The fraction of sp³-hybridized carbons (Fsp3) is 0.200. The predicted octanol–water partition coefficient (Wildman–Crippen LogP) is 1.38. The maximum Gasteiger partial charge on any atom is 0.227 e. The summed E-state index contributed by atoms with van der Waals surface area (Å²) in [5.74, 6) is -0.877. The van der Waals surface area contributed by atoms with Crippen LogP contribution in [0.3, 0.4) is 0 Å². The molecule has 0 aromatic heterocycles. The second-order valence-corrected chi connectivity index (χ2v) is 6.76. The van der Waals surface area contributed by atoms with Gasteiger partial charge in [0.2, 0.25) is 11.9 Å². The van der Waals surface area contributed by atoms with Gasteiger partial charge in [0.05, 0.1) is 0 Å². The van der Waals surface area contributed by atoms with E-state index in [4.69, 9.17) is 33.8 Å². The van der Waals surface area contributed by atoms with E-state index in [1.165, 1.54) is 0 Å². The van der Waals surface area contributed by atoms with Gasteiger partial charge in [0, 0.05) is 11.4 Å². The van der Waals surface area contributed by atoms with E-state index < -0.39 is 6.17 Å². The maximum atomic E-state index is 8.47. The summed E-state index contributed by atoms with van der Waals surface area (Å²) in [6.07, 6.45) is -0.624. The molecule has 2 rings (SSSR count). The van der Waals surface area contributed by atoms with Gasteiger partial charge in [0.15, 0.2) is 11.9 Å². The van der Waals surface area contributed by atoms with Gasteiger partial charge in [-0.3, -0.25) is 20.6 Å². The number of anilines is 2. The number of rotatable bonds is 4. The molecule has 2 aromatic carbocycles. The first-order chi connectivity index (χ1) is 14.1. The fourth-order valence-corrected chi connectivity index (χ4v) is 2.91. The molecule has 0 saturated carbocycles. The van der Waals surface area contributed by atoms with E-state index in [-0.39, 0.29) is 23.8 Å². The molecule has 0 saturated heterocycles. The summed E-state index contributed by atoms with van der Waals surface area (Å²) < 4.78 is 0. The molecule has 10 nitrogen and oxygen atoms in total. The Kier molecular flexibility index (Phi) is 6.97. The largest absolute Gasteiger partial charge is 0.370 e. The van der Waals surface area contributed by atoms with Crippen molar-refractivity contribution in [1.29, 1.82) is 10.8 Å². The van der Waals surface area contributed by atoms with Crippen molar-refractivity contribution in [3.05, 3.63) is 59.7 Å². The third-order valence-electron chi connectivity index (χ3n) is 4.30. The average molecular weight is 409 g/mol. The molecule has 0 aliphatic heterocycles. The predicted molar refractivity (Wildman–Crippen MR) is 124 cm³/mol. The number of aliphatic imine (C=N–C) groups is 2. The van der Waals surface area contributed by atoms with Gasteiger partial charge in [0.1, 0.15) is 6.17 Å². The number of nitrogens with one attached hydrogen (secondary N) is 2. The second-order valence-electron chi connectivity index (χ2n) is 6.76. The summed E-state index contributed by atoms with van der Waals surface area (Å²) >= 11 is 0. The first-order valence-electron chi connectivity index (χ1n) is 9.18. The average Bonchev–Trinajstić information content (AvgIpc) is 2.64. The van der Waals surface area contributed by atoms with Gasteiger partial charge >= 0.3 is 0 Å². The minimum Gasteiger partial charge on any atom is -0.370 e. The van der Waals surface area contributed by atoms with E-state index >= 15 is 0 Å². The molecule has 10 N–H and O–H groups in total. The van der Waals surface area contributed by atoms with Crippen molar-refractivity contribution in [2.75, 3.05) is 9.80 Å². The molecule has 30 heavy (non-hydrogen) atoms. The van der Waals surface area contributed by atoms with Crippen LogP contribution < -0.4 is 32.7 Å². The molecule has 0 spiro atoms. The number of guanidine groups is 4. The zero-order valence-electron chi connectivity index (χ0n) is 17.3. The van der Waals surface area contributed by atoms with Gasteiger partial charge in [-0.2, -0.15) is 9.98 Å². The van der Waals surface area contributed by atoms with Crippen LogP contribution in [-0.2, 0) is 0 Å². The zero-order valence-corrected chi connectivity index (χ0v) is 17.3. The van der Waals surface area contributed by atoms with Crippen LogP contribution >= 0.6 is 0 Å². The monoisotopic (exact) mass is 408 g/mol. The highest BCUT2D eigenvalue weighted by Gasteiger charge is 2.28. The Morgan fingerprint density at radius 2 is 1.00 bits per heavy atom. The molecule has 0 heterocycles. The lowest BCUT2D eigenvalue weighted by Crippen LogP contribution is -2.52. The molecule has 0 aliphatic carbocycles. The van der Waals surface area contributed by atoms with Crippen molar-refractivity contribution >= 4 is 35.2 Å². The lowest BCUT2D eigenvalue weighted by Gasteiger charge is -2.38. The standard InChI is InChI=1S/C20H28N10/c1-12-4-8-15(9-5-12)29(19(25)27-17(21)22)14(3)30(20(26)28-18(23)24)16-10-6-13(2)7-11-16/h4-11,14H,1-3H3,(H5,21,22,25,27)(H5,23,24,26,28). The Morgan fingerprint density at radius 3 is 1.27 bits per heavy atom. The van der Waals surface area contributed by atoms with Crippen LogP contribution in [0.4, 0.5) is 11.4 Å².